The van der Waals surface area contributed by atoms with Crippen LogP contribution in [0, 0.1) is 0 Å². The van der Waals surface area contributed by atoms with E-state index in [1.165, 1.54) is 12.1 Å². The largest absolute Gasteiger partial charge is 0.446 e. The molecule has 0 aliphatic heterocycles. The monoisotopic (exact) mass is 271 g/mol. The minimum absolute atomic E-state index is 0.0636. The fourth-order valence-electron chi connectivity index (χ4n) is 1.14. The van der Waals surface area contributed by atoms with Crippen LogP contribution in [0.1, 0.15) is 12.5 Å². The second-order valence-corrected chi connectivity index (χ2v) is 4.79. The summed E-state index contributed by atoms with van der Waals surface area (Å²) in [6, 6.07) is 4.61. The Bertz CT molecular complexity index is 371. The van der Waals surface area contributed by atoms with E-state index in [4.69, 9.17) is 5.73 Å². The van der Waals surface area contributed by atoms with Gasteiger partial charge in [0.25, 0.3) is 6.43 Å². The van der Waals surface area contributed by atoms with Crippen LogP contribution in [-0.2, 0) is 5.54 Å². The lowest BCUT2D eigenvalue weighted by Crippen LogP contribution is -2.40. The first-order valence-corrected chi connectivity index (χ1v) is 5.38. The van der Waals surface area contributed by atoms with Crippen LogP contribution in [0.4, 0.5) is 22.0 Å². The van der Waals surface area contributed by atoms with Gasteiger partial charge in [0.2, 0.25) is 0 Å². The number of nitrogens with two attached hydrogens (primary N) is 1. The van der Waals surface area contributed by atoms with Crippen molar-refractivity contribution in [3.05, 3.63) is 29.8 Å². The summed E-state index contributed by atoms with van der Waals surface area (Å²) in [5.41, 5.74) is -0.777. The van der Waals surface area contributed by atoms with Gasteiger partial charge in [-0.3, -0.25) is 0 Å². The van der Waals surface area contributed by atoms with Gasteiger partial charge >= 0.3 is 5.51 Å². The predicted octanol–water partition coefficient (Wildman–Crippen LogP) is 3.74. The summed E-state index contributed by atoms with van der Waals surface area (Å²) in [6.07, 6.45) is -2.79. The maximum Gasteiger partial charge on any atom is 0.446 e. The van der Waals surface area contributed by atoms with Crippen LogP contribution in [0.15, 0.2) is 29.2 Å². The van der Waals surface area contributed by atoms with E-state index in [-0.39, 0.29) is 22.2 Å². The molecule has 96 valence electrons. The number of thioether (sulfide) groups is 1. The van der Waals surface area contributed by atoms with Gasteiger partial charge in [-0.05, 0) is 36.4 Å². The third-order valence-electron chi connectivity index (χ3n) is 2.16. The van der Waals surface area contributed by atoms with E-state index in [2.05, 4.69) is 0 Å². The molecule has 0 amide bonds. The molecule has 0 aliphatic carbocycles. The summed E-state index contributed by atoms with van der Waals surface area (Å²) in [5, 5.41) is 0. The fourth-order valence-corrected chi connectivity index (χ4v) is 1.68. The lowest BCUT2D eigenvalue weighted by Gasteiger charge is -2.24. The summed E-state index contributed by atoms with van der Waals surface area (Å²) in [4.78, 5) is -0.0636. The summed E-state index contributed by atoms with van der Waals surface area (Å²) >= 11 is -0.300. The third-order valence-corrected chi connectivity index (χ3v) is 2.90. The Labute approximate surface area is 99.2 Å². The molecule has 1 atom stereocenters. The van der Waals surface area contributed by atoms with E-state index in [9.17, 15) is 22.0 Å². The van der Waals surface area contributed by atoms with Gasteiger partial charge in [-0.15, -0.1) is 0 Å². The average Bonchev–Trinajstić information content (AvgIpc) is 2.15. The molecule has 0 bridgehead atoms. The van der Waals surface area contributed by atoms with Crippen molar-refractivity contribution in [3.8, 4) is 0 Å². The number of hydrogen-bond donors (Lipinski definition) is 1. The zero-order valence-electron chi connectivity index (χ0n) is 8.76. The molecule has 0 spiro atoms. The van der Waals surface area contributed by atoms with Crippen molar-refractivity contribution in [3.63, 3.8) is 0 Å². The molecule has 1 aromatic carbocycles. The van der Waals surface area contributed by atoms with E-state index in [1.807, 2.05) is 0 Å². The molecular formula is C10H10F5NS. The van der Waals surface area contributed by atoms with Gasteiger partial charge in [-0.2, -0.15) is 13.2 Å². The van der Waals surface area contributed by atoms with E-state index in [0.717, 1.165) is 19.1 Å². The third kappa shape index (κ3) is 3.85. The topological polar surface area (TPSA) is 26.0 Å². The number of rotatable bonds is 3. The number of hydrogen-bond acceptors (Lipinski definition) is 2. The lowest BCUT2D eigenvalue weighted by atomic mass is 9.94. The highest BCUT2D eigenvalue weighted by Gasteiger charge is 2.33. The number of halogens is 5. The SMILES string of the molecule is CC(N)(c1ccc(SC(F)(F)F)cc1)C(F)F. The molecule has 0 aromatic heterocycles. The highest BCUT2D eigenvalue weighted by molar-refractivity contribution is 8.00. The Morgan fingerprint density at radius 1 is 1.12 bits per heavy atom. The molecule has 0 saturated carbocycles. The van der Waals surface area contributed by atoms with Crippen LogP contribution in [0.25, 0.3) is 0 Å². The Morgan fingerprint density at radius 2 is 1.59 bits per heavy atom. The molecule has 0 radical (unpaired) electrons. The molecule has 1 rings (SSSR count). The highest BCUT2D eigenvalue weighted by atomic mass is 32.2. The predicted molar refractivity (Wildman–Crippen MR) is 55.9 cm³/mol. The second-order valence-electron chi connectivity index (χ2n) is 3.66. The molecule has 0 fully saturated rings. The van der Waals surface area contributed by atoms with Crippen molar-refractivity contribution in [1.82, 2.24) is 0 Å². The summed E-state index contributed by atoms with van der Waals surface area (Å²) in [6.45, 7) is 1.13. The van der Waals surface area contributed by atoms with Gasteiger partial charge in [0.1, 0.15) is 0 Å². The van der Waals surface area contributed by atoms with Crippen molar-refractivity contribution in [2.24, 2.45) is 5.73 Å². The smallest absolute Gasteiger partial charge is 0.317 e. The average molecular weight is 271 g/mol. The maximum absolute atomic E-state index is 12.6. The summed E-state index contributed by atoms with van der Waals surface area (Å²) < 4.78 is 61.2. The highest BCUT2D eigenvalue weighted by Crippen LogP contribution is 2.37. The Morgan fingerprint density at radius 3 is 1.94 bits per heavy atom. The molecule has 1 unspecified atom stereocenters. The van der Waals surface area contributed by atoms with Crippen LogP contribution < -0.4 is 5.73 Å². The van der Waals surface area contributed by atoms with Crippen molar-refractivity contribution in [2.45, 2.75) is 29.3 Å². The quantitative estimate of drug-likeness (QED) is 0.669. The van der Waals surface area contributed by atoms with Crippen LogP contribution in [0.5, 0.6) is 0 Å². The molecule has 0 saturated heterocycles. The Hall–Kier alpha value is -0.820. The first kappa shape index (κ1) is 14.2. The second kappa shape index (κ2) is 4.81. The minimum Gasteiger partial charge on any atom is -0.317 e. The molecule has 1 nitrogen and oxygen atoms in total. The van der Waals surface area contributed by atoms with Crippen LogP contribution in [0.2, 0.25) is 0 Å². The van der Waals surface area contributed by atoms with Crippen LogP contribution in [0.3, 0.4) is 0 Å². The minimum atomic E-state index is -4.39. The van der Waals surface area contributed by atoms with Crippen molar-refractivity contribution in [1.29, 1.82) is 0 Å². The maximum atomic E-state index is 12.6. The molecule has 2 N–H and O–H groups in total. The van der Waals surface area contributed by atoms with Crippen molar-refractivity contribution < 1.29 is 22.0 Å². The molecule has 0 aliphatic rings. The van der Waals surface area contributed by atoms with E-state index in [0.29, 0.717) is 0 Å². The van der Waals surface area contributed by atoms with Gasteiger partial charge in [0.15, 0.2) is 0 Å². The number of benzene rings is 1. The summed E-state index contributed by atoms with van der Waals surface area (Å²) in [7, 11) is 0. The number of alkyl halides is 5. The van der Waals surface area contributed by atoms with Crippen LogP contribution in [-0.4, -0.2) is 11.9 Å². The van der Waals surface area contributed by atoms with E-state index >= 15 is 0 Å². The Kier molecular flexibility index (Phi) is 4.03. The molecule has 1 aromatic rings. The van der Waals surface area contributed by atoms with Gasteiger partial charge in [0, 0.05) is 4.90 Å². The molecule has 7 heteroatoms. The van der Waals surface area contributed by atoms with Gasteiger partial charge in [0.05, 0.1) is 5.54 Å². The van der Waals surface area contributed by atoms with Crippen molar-refractivity contribution >= 4 is 11.8 Å². The molecule has 0 heterocycles. The fraction of sp³-hybridized carbons (Fsp3) is 0.400. The standard InChI is InChI=1S/C10H10F5NS/c1-9(16,8(11)12)6-2-4-7(5-3-6)17-10(13,14)15/h2-5,8H,16H2,1H3. The van der Waals surface area contributed by atoms with E-state index in [1.54, 1.807) is 0 Å². The summed E-state index contributed by atoms with van der Waals surface area (Å²) in [5.74, 6) is 0. The molecule has 17 heavy (non-hydrogen) atoms. The lowest BCUT2D eigenvalue weighted by molar-refractivity contribution is -0.0328. The van der Waals surface area contributed by atoms with Gasteiger partial charge in [-0.1, -0.05) is 12.1 Å². The molecular weight excluding hydrogens is 261 g/mol. The first-order chi connectivity index (χ1) is 7.63. The van der Waals surface area contributed by atoms with Crippen molar-refractivity contribution in [2.75, 3.05) is 0 Å². The first-order valence-electron chi connectivity index (χ1n) is 4.56. The zero-order valence-corrected chi connectivity index (χ0v) is 9.58. The van der Waals surface area contributed by atoms with E-state index < -0.39 is 17.5 Å². The zero-order chi connectivity index (χ0) is 13.3. The normalized spacial score (nSPS) is 16.0. The Balaban J connectivity index is 2.89. The van der Waals surface area contributed by atoms with Gasteiger partial charge < -0.3 is 5.73 Å². The van der Waals surface area contributed by atoms with Crippen LogP contribution >= 0.6 is 11.8 Å². The van der Waals surface area contributed by atoms with Gasteiger partial charge in [-0.25, -0.2) is 8.78 Å².